The van der Waals surface area contributed by atoms with Gasteiger partial charge in [0, 0.05) is 37.4 Å². The van der Waals surface area contributed by atoms with Crippen molar-refractivity contribution in [3.63, 3.8) is 0 Å². The number of aromatic nitrogens is 1. The first-order valence-corrected chi connectivity index (χ1v) is 10.2. The summed E-state index contributed by atoms with van der Waals surface area (Å²) in [5.41, 5.74) is 7.17. The zero-order chi connectivity index (χ0) is 19.7. The van der Waals surface area contributed by atoms with Gasteiger partial charge in [-0.3, -0.25) is 0 Å². The predicted octanol–water partition coefficient (Wildman–Crippen LogP) is 5.19. The summed E-state index contributed by atoms with van der Waals surface area (Å²) >= 11 is 0. The second-order valence-corrected chi connectivity index (χ2v) is 7.07. The van der Waals surface area contributed by atoms with Crippen molar-refractivity contribution in [2.45, 2.75) is 0 Å². The molecule has 0 saturated carbocycles. The first kappa shape index (κ1) is 19.2. The minimum Gasteiger partial charge on any atom is -0.354 e. The largest absolute Gasteiger partial charge is 0.354 e. The number of H-pyrrole nitrogens is 1. The van der Waals surface area contributed by atoms with Crippen LogP contribution in [-0.4, -0.2) is 31.2 Å². The van der Waals surface area contributed by atoms with E-state index < -0.39 is 0 Å². The molecule has 0 spiro atoms. The van der Waals surface area contributed by atoms with Gasteiger partial charge in [-0.15, -0.1) is 0 Å². The summed E-state index contributed by atoms with van der Waals surface area (Å²) in [6.07, 6.45) is 0. The summed E-state index contributed by atoms with van der Waals surface area (Å²) in [4.78, 5) is 3.61. The lowest BCUT2D eigenvalue weighted by Gasteiger charge is -2.11. The average Bonchev–Trinajstić information content (AvgIpc) is 3.28. The van der Waals surface area contributed by atoms with E-state index in [-0.39, 0.29) is 0 Å². The van der Waals surface area contributed by atoms with E-state index in [2.05, 4.69) is 101 Å². The highest BCUT2D eigenvalue weighted by Crippen LogP contribution is 2.35. The Kier molecular flexibility index (Phi) is 6.53. The smallest absolute Gasteiger partial charge is 0.0538 e. The molecule has 0 amide bonds. The lowest BCUT2D eigenvalue weighted by atomic mass is 10.0. The standard InChI is InChI=1S/C22H17N.C4H10N2/c1-4-10-17(11-5-1)20-16-21(18-12-6-2-7-13-18)23-22(20)19-14-8-3-9-15-19;1-2-6-4-3-5-1/h1-16,23H;5-6H,1-4H2. The van der Waals surface area contributed by atoms with Crippen LogP contribution in [0, 0.1) is 0 Å². The van der Waals surface area contributed by atoms with Gasteiger partial charge in [-0.05, 0) is 22.8 Å². The van der Waals surface area contributed by atoms with Gasteiger partial charge in [0.2, 0.25) is 0 Å². The van der Waals surface area contributed by atoms with Gasteiger partial charge in [-0.1, -0.05) is 91.0 Å². The lowest BCUT2D eigenvalue weighted by molar-refractivity contribution is 0.534. The summed E-state index contributed by atoms with van der Waals surface area (Å²) in [5.74, 6) is 0. The monoisotopic (exact) mass is 381 g/mol. The number of rotatable bonds is 3. The summed E-state index contributed by atoms with van der Waals surface area (Å²) in [6.45, 7) is 4.56. The molecule has 5 rings (SSSR count). The molecule has 146 valence electrons. The molecule has 0 unspecified atom stereocenters. The number of hydrogen-bond donors (Lipinski definition) is 3. The highest BCUT2D eigenvalue weighted by molar-refractivity contribution is 5.85. The third-order valence-electron chi connectivity index (χ3n) is 5.01. The van der Waals surface area contributed by atoms with E-state index in [4.69, 9.17) is 0 Å². The van der Waals surface area contributed by atoms with Gasteiger partial charge < -0.3 is 15.6 Å². The molecule has 1 aromatic heterocycles. The maximum Gasteiger partial charge on any atom is 0.0538 e. The molecule has 1 fully saturated rings. The van der Waals surface area contributed by atoms with Crippen LogP contribution in [-0.2, 0) is 0 Å². The zero-order valence-electron chi connectivity index (χ0n) is 16.6. The molecule has 1 aliphatic rings. The van der Waals surface area contributed by atoms with Crippen LogP contribution in [0.25, 0.3) is 33.6 Å². The molecule has 1 aliphatic heterocycles. The molecular weight excluding hydrogens is 354 g/mol. The lowest BCUT2D eigenvalue weighted by Crippen LogP contribution is -2.39. The maximum absolute atomic E-state index is 3.61. The van der Waals surface area contributed by atoms with Crippen LogP contribution in [0.1, 0.15) is 0 Å². The van der Waals surface area contributed by atoms with Crippen molar-refractivity contribution >= 4 is 0 Å². The Morgan fingerprint density at radius 3 is 1.41 bits per heavy atom. The molecule has 0 aliphatic carbocycles. The molecule has 0 radical (unpaired) electrons. The molecule has 0 atom stereocenters. The van der Waals surface area contributed by atoms with E-state index >= 15 is 0 Å². The van der Waals surface area contributed by atoms with Crippen LogP contribution in [0.2, 0.25) is 0 Å². The predicted molar refractivity (Wildman–Crippen MR) is 123 cm³/mol. The van der Waals surface area contributed by atoms with Gasteiger partial charge >= 0.3 is 0 Å². The van der Waals surface area contributed by atoms with Gasteiger partial charge in [0.15, 0.2) is 0 Å². The molecule has 29 heavy (non-hydrogen) atoms. The van der Waals surface area contributed by atoms with Crippen LogP contribution >= 0.6 is 0 Å². The van der Waals surface area contributed by atoms with Crippen molar-refractivity contribution in [3.8, 4) is 33.6 Å². The number of piperazine rings is 1. The van der Waals surface area contributed by atoms with Crippen molar-refractivity contribution in [3.05, 3.63) is 97.1 Å². The minimum atomic E-state index is 1.14. The fraction of sp³-hybridized carbons (Fsp3) is 0.154. The highest BCUT2D eigenvalue weighted by Gasteiger charge is 2.12. The van der Waals surface area contributed by atoms with Crippen molar-refractivity contribution < 1.29 is 0 Å². The quantitative estimate of drug-likeness (QED) is 0.457. The van der Waals surface area contributed by atoms with Gasteiger partial charge in [-0.25, -0.2) is 0 Å². The SMILES string of the molecule is C1CNCCN1.c1ccc(-c2cc(-c3ccccc3)c(-c3ccccc3)[nH]2)cc1. The molecule has 2 heterocycles. The van der Waals surface area contributed by atoms with Gasteiger partial charge in [-0.2, -0.15) is 0 Å². The van der Waals surface area contributed by atoms with Crippen LogP contribution in [0.4, 0.5) is 0 Å². The number of aromatic amines is 1. The molecule has 3 N–H and O–H groups in total. The number of benzene rings is 3. The zero-order valence-corrected chi connectivity index (χ0v) is 16.6. The molecule has 3 heteroatoms. The maximum atomic E-state index is 3.61. The van der Waals surface area contributed by atoms with Crippen LogP contribution in [0.15, 0.2) is 97.1 Å². The van der Waals surface area contributed by atoms with E-state index in [1.807, 2.05) is 12.1 Å². The van der Waals surface area contributed by atoms with Crippen LogP contribution < -0.4 is 10.6 Å². The van der Waals surface area contributed by atoms with Gasteiger partial charge in [0.1, 0.15) is 0 Å². The Morgan fingerprint density at radius 2 is 0.931 bits per heavy atom. The van der Waals surface area contributed by atoms with E-state index in [1.54, 1.807) is 0 Å². The van der Waals surface area contributed by atoms with E-state index in [9.17, 15) is 0 Å². The Hall–Kier alpha value is -3.14. The molecular formula is C26H27N3. The van der Waals surface area contributed by atoms with Crippen molar-refractivity contribution in [1.29, 1.82) is 0 Å². The molecule has 3 nitrogen and oxygen atoms in total. The Morgan fingerprint density at radius 1 is 0.483 bits per heavy atom. The fourth-order valence-corrected chi connectivity index (χ4v) is 3.51. The van der Waals surface area contributed by atoms with E-state index in [1.165, 1.54) is 22.3 Å². The topological polar surface area (TPSA) is 39.8 Å². The van der Waals surface area contributed by atoms with Crippen molar-refractivity contribution in [1.82, 2.24) is 15.6 Å². The molecule has 4 aromatic rings. The molecule has 0 bridgehead atoms. The first-order chi connectivity index (χ1) is 14.4. The first-order valence-electron chi connectivity index (χ1n) is 10.2. The number of nitrogens with one attached hydrogen (secondary N) is 3. The minimum absolute atomic E-state index is 1.14. The Bertz CT molecular complexity index is 920. The molecule has 1 saturated heterocycles. The second kappa shape index (κ2) is 9.87. The summed E-state index contributed by atoms with van der Waals surface area (Å²) in [7, 11) is 0. The fourth-order valence-electron chi connectivity index (χ4n) is 3.51. The Balaban J connectivity index is 0.000000294. The third kappa shape index (κ3) is 5.02. The Labute approximate surface area is 172 Å². The van der Waals surface area contributed by atoms with E-state index in [0.29, 0.717) is 0 Å². The summed E-state index contributed by atoms with van der Waals surface area (Å²) < 4.78 is 0. The summed E-state index contributed by atoms with van der Waals surface area (Å²) in [6, 6.07) is 33.7. The molecule has 3 aromatic carbocycles. The third-order valence-corrected chi connectivity index (χ3v) is 5.01. The van der Waals surface area contributed by atoms with E-state index in [0.717, 1.165) is 37.6 Å². The van der Waals surface area contributed by atoms with Gasteiger partial charge in [0.25, 0.3) is 0 Å². The van der Waals surface area contributed by atoms with Crippen molar-refractivity contribution in [2.75, 3.05) is 26.2 Å². The second-order valence-electron chi connectivity index (χ2n) is 7.07. The summed E-state index contributed by atoms with van der Waals surface area (Å²) in [5, 5.41) is 6.44. The van der Waals surface area contributed by atoms with Crippen molar-refractivity contribution in [2.24, 2.45) is 0 Å². The normalized spacial score (nSPS) is 13.4. The average molecular weight is 382 g/mol. The number of hydrogen-bond acceptors (Lipinski definition) is 2. The highest BCUT2D eigenvalue weighted by atomic mass is 15.0. The van der Waals surface area contributed by atoms with Crippen LogP contribution in [0.3, 0.4) is 0 Å². The van der Waals surface area contributed by atoms with Gasteiger partial charge in [0.05, 0.1) is 5.69 Å². The van der Waals surface area contributed by atoms with Crippen LogP contribution in [0.5, 0.6) is 0 Å².